The van der Waals surface area contributed by atoms with Gasteiger partial charge in [0.25, 0.3) is 5.91 Å². The molecule has 0 atom stereocenters. The van der Waals surface area contributed by atoms with Gasteiger partial charge < -0.3 is 10.1 Å². The van der Waals surface area contributed by atoms with Crippen molar-refractivity contribution >= 4 is 22.6 Å². The molecular formula is C30H28N4O2. The number of fused-ring (bicyclic) bond motifs is 1. The van der Waals surface area contributed by atoms with E-state index in [-0.39, 0.29) is 5.91 Å². The first-order chi connectivity index (χ1) is 17.5. The molecular weight excluding hydrogens is 448 g/mol. The first-order valence-electron chi connectivity index (χ1n) is 12.0. The Labute approximate surface area is 210 Å². The summed E-state index contributed by atoms with van der Waals surface area (Å²) in [6.07, 6.45) is 0. The van der Waals surface area contributed by atoms with Gasteiger partial charge in [0.1, 0.15) is 23.4 Å². The number of ether oxygens (including phenoxy) is 1. The van der Waals surface area contributed by atoms with E-state index in [0.29, 0.717) is 35.0 Å². The lowest BCUT2D eigenvalue weighted by molar-refractivity contribution is 0.102. The fourth-order valence-corrected chi connectivity index (χ4v) is 3.97. The normalized spacial score (nSPS) is 11.1. The number of benzene rings is 4. The lowest BCUT2D eigenvalue weighted by Gasteiger charge is -2.10. The second kappa shape index (κ2) is 10.0. The molecule has 180 valence electrons. The van der Waals surface area contributed by atoms with E-state index in [1.165, 1.54) is 5.56 Å². The Morgan fingerprint density at radius 3 is 2.33 bits per heavy atom. The van der Waals surface area contributed by atoms with E-state index in [4.69, 9.17) is 4.74 Å². The van der Waals surface area contributed by atoms with Gasteiger partial charge in [0.2, 0.25) is 0 Å². The van der Waals surface area contributed by atoms with Gasteiger partial charge in [0.15, 0.2) is 0 Å². The minimum absolute atomic E-state index is 0.209. The number of anilines is 1. The molecule has 5 rings (SSSR count). The maximum Gasteiger partial charge on any atom is 0.255 e. The molecule has 6 heteroatoms. The number of hydrogen-bond acceptors (Lipinski definition) is 4. The van der Waals surface area contributed by atoms with Gasteiger partial charge in [-0.25, -0.2) is 0 Å². The van der Waals surface area contributed by atoms with Gasteiger partial charge in [-0.2, -0.15) is 4.80 Å². The summed E-state index contributed by atoms with van der Waals surface area (Å²) < 4.78 is 5.88. The summed E-state index contributed by atoms with van der Waals surface area (Å²) in [5, 5.41) is 12.3. The molecule has 4 aromatic carbocycles. The maximum atomic E-state index is 13.0. The summed E-state index contributed by atoms with van der Waals surface area (Å²) in [4.78, 5) is 14.7. The third-order valence-corrected chi connectivity index (χ3v) is 6.11. The lowest BCUT2D eigenvalue weighted by Crippen LogP contribution is -2.13. The Bertz CT molecular complexity index is 1510. The second-order valence-electron chi connectivity index (χ2n) is 9.15. The van der Waals surface area contributed by atoms with Crippen LogP contribution in [0.25, 0.3) is 16.7 Å². The molecule has 0 spiro atoms. The van der Waals surface area contributed by atoms with Crippen LogP contribution in [0.15, 0.2) is 91.0 Å². The maximum absolute atomic E-state index is 13.0. The van der Waals surface area contributed by atoms with Crippen LogP contribution in [-0.2, 0) is 6.61 Å². The molecule has 0 bridgehead atoms. The molecule has 1 amide bonds. The molecule has 0 aliphatic heterocycles. The van der Waals surface area contributed by atoms with Gasteiger partial charge in [-0.3, -0.25) is 4.79 Å². The van der Waals surface area contributed by atoms with Crippen molar-refractivity contribution < 1.29 is 9.53 Å². The van der Waals surface area contributed by atoms with Gasteiger partial charge in [0.05, 0.1) is 5.69 Å². The van der Waals surface area contributed by atoms with Crippen molar-refractivity contribution in [3.05, 3.63) is 113 Å². The summed E-state index contributed by atoms with van der Waals surface area (Å²) in [5.74, 6) is 0.901. The van der Waals surface area contributed by atoms with Gasteiger partial charge >= 0.3 is 0 Å². The van der Waals surface area contributed by atoms with Gasteiger partial charge in [-0.15, -0.1) is 10.2 Å². The van der Waals surface area contributed by atoms with E-state index < -0.39 is 0 Å². The molecule has 5 aromatic rings. The van der Waals surface area contributed by atoms with Gasteiger partial charge in [-0.05, 0) is 72.0 Å². The standard InChI is InChI=1S/C30H28N4O2/c1-20(2)23-12-14-25(15-13-23)34-32-28-16-21(3)27(18-29(28)33-34)31-30(35)24-10-7-11-26(17-24)36-19-22-8-5-4-6-9-22/h4-18,20H,19H2,1-3H3,(H,31,35). The molecule has 1 aromatic heterocycles. The first kappa shape index (κ1) is 23.3. The Morgan fingerprint density at radius 2 is 1.61 bits per heavy atom. The molecule has 36 heavy (non-hydrogen) atoms. The van der Waals surface area contributed by atoms with Crippen LogP contribution in [0.2, 0.25) is 0 Å². The predicted octanol–water partition coefficient (Wildman–Crippen LogP) is 6.68. The quantitative estimate of drug-likeness (QED) is 0.284. The van der Waals surface area contributed by atoms with Crippen molar-refractivity contribution in [1.29, 1.82) is 0 Å². The molecule has 6 nitrogen and oxygen atoms in total. The van der Waals surface area contributed by atoms with Crippen molar-refractivity contribution in [2.24, 2.45) is 0 Å². The van der Waals surface area contributed by atoms with Crippen molar-refractivity contribution in [3.8, 4) is 11.4 Å². The molecule has 0 saturated carbocycles. The van der Waals surface area contributed by atoms with E-state index >= 15 is 0 Å². The number of rotatable bonds is 7. The second-order valence-corrected chi connectivity index (χ2v) is 9.15. The van der Waals surface area contributed by atoms with Crippen LogP contribution in [0.1, 0.15) is 46.8 Å². The van der Waals surface area contributed by atoms with E-state index in [1.54, 1.807) is 16.9 Å². The number of nitrogens with one attached hydrogen (secondary N) is 1. The zero-order valence-electron chi connectivity index (χ0n) is 20.6. The molecule has 0 unspecified atom stereocenters. The van der Waals surface area contributed by atoms with Crippen LogP contribution >= 0.6 is 0 Å². The number of carbonyl (C=O) groups excluding carboxylic acids is 1. The van der Waals surface area contributed by atoms with Gasteiger partial charge in [0, 0.05) is 11.3 Å². The minimum Gasteiger partial charge on any atom is -0.489 e. The van der Waals surface area contributed by atoms with Crippen molar-refractivity contribution in [3.63, 3.8) is 0 Å². The third kappa shape index (κ3) is 5.13. The minimum atomic E-state index is -0.209. The highest BCUT2D eigenvalue weighted by molar-refractivity contribution is 6.05. The van der Waals surface area contributed by atoms with Gasteiger partial charge in [-0.1, -0.05) is 62.4 Å². The number of hydrogen-bond donors (Lipinski definition) is 1. The van der Waals surface area contributed by atoms with E-state index in [2.05, 4.69) is 41.5 Å². The monoisotopic (exact) mass is 476 g/mol. The van der Waals surface area contributed by atoms with Crippen molar-refractivity contribution in [1.82, 2.24) is 15.0 Å². The SMILES string of the molecule is Cc1cc2nn(-c3ccc(C(C)C)cc3)nc2cc1NC(=O)c1cccc(OCc2ccccc2)c1. The topological polar surface area (TPSA) is 69.0 Å². The number of nitrogens with zero attached hydrogens (tertiary/aromatic N) is 3. The molecule has 0 fully saturated rings. The molecule has 0 aliphatic rings. The highest BCUT2D eigenvalue weighted by Crippen LogP contribution is 2.24. The molecule has 1 heterocycles. The summed E-state index contributed by atoms with van der Waals surface area (Å²) in [6.45, 7) is 6.73. The largest absolute Gasteiger partial charge is 0.489 e. The predicted molar refractivity (Wildman–Crippen MR) is 143 cm³/mol. The fraction of sp³-hybridized carbons (Fsp3) is 0.167. The molecule has 1 N–H and O–H groups in total. The molecule has 0 saturated heterocycles. The average molecular weight is 477 g/mol. The summed E-state index contributed by atoms with van der Waals surface area (Å²) in [7, 11) is 0. The van der Waals surface area contributed by atoms with Crippen LogP contribution in [-0.4, -0.2) is 20.9 Å². The summed E-state index contributed by atoms with van der Waals surface area (Å²) >= 11 is 0. The van der Waals surface area contributed by atoms with Crippen LogP contribution in [0, 0.1) is 6.92 Å². The molecule has 0 aliphatic carbocycles. The van der Waals surface area contributed by atoms with E-state index in [0.717, 1.165) is 22.3 Å². The number of aryl methyl sites for hydroxylation is 1. The third-order valence-electron chi connectivity index (χ3n) is 6.11. The Morgan fingerprint density at radius 1 is 0.889 bits per heavy atom. The molecule has 0 radical (unpaired) electrons. The van der Waals surface area contributed by atoms with Crippen LogP contribution in [0.3, 0.4) is 0 Å². The van der Waals surface area contributed by atoms with E-state index in [1.807, 2.05) is 73.7 Å². The Balaban J connectivity index is 1.33. The highest BCUT2D eigenvalue weighted by atomic mass is 16.5. The zero-order chi connectivity index (χ0) is 25.1. The Hall–Kier alpha value is -4.45. The number of aromatic nitrogens is 3. The van der Waals surface area contributed by atoms with E-state index in [9.17, 15) is 4.79 Å². The summed E-state index contributed by atoms with van der Waals surface area (Å²) in [6, 6.07) is 29.2. The van der Waals surface area contributed by atoms with Crippen molar-refractivity contribution in [2.45, 2.75) is 33.3 Å². The number of amides is 1. The van der Waals surface area contributed by atoms with Crippen LogP contribution in [0.4, 0.5) is 5.69 Å². The lowest BCUT2D eigenvalue weighted by atomic mass is 10.0. The van der Waals surface area contributed by atoms with Crippen LogP contribution in [0.5, 0.6) is 5.75 Å². The fourth-order valence-electron chi connectivity index (χ4n) is 3.97. The first-order valence-corrected chi connectivity index (χ1v) is 12.0. The highest BCUT2D eigenvalue weighted by Gasteiger charge is 2.13. The number of carbonyl (C=O) groups is 1. The zero-order valence-corrected chi connectivity index (χ0v) is 20.6. The Kier molecular flexibility index (Phi) is 6.50. The summed E-state index contributed by atoms with van der Waals surface area (Å²) in [5.41, 5.74) is 6.85. The smallest absolute Gasteiger partial charge is 0.255 e. The van der Waals surface area contributed by atoms with Crippen molar-refractivity contribution in [2.75, 3.05) is 5.32 Å². The van der Waals surface area contributed by atoms with Crippen LogP contribution < -0.4 is 10.1 Å². The average Bonchev–Trinajstić information content (AvgIpc) is 3.31.